The van der Waals surface area contributed by atoms with Crippen molar-refractivity contribution >= 4 is 5.91 Å². The van der Waals surface area contributed by atoms with Crippen molar-refractivity contribution in [2.75, 3.05) is 13.1 Å². The van der Waals surface area contributed by atoms with E-state index in [9.17, 15) is 4.79 Å². The van der Waals surface area contributed by atoms with E-state index >= 15 is 0 Å². The molecule has 0 bridgehead atoms. The van der Waals surface area contributed by atoms with Gasteiger partial charge < -0.3 is 10.6 Å². The normalized spacial score (nSPS) is 31.7. The summed E-state index contributed by atoms with van der Waals surface area (Å²) in [7, 11) is 0. The number of carbonyl (C=O) groups excluding carboxylic acids is 1. The number of likely N-dealkylation sites (tertiary alicyclic amines) is 1. The highest BCUT2D eigenvalue weighted by molar-refractivity contribution is 5.76. The summed E-state index contributed by atoms with van der Waals surface area (Å²) >= 11 is 0. The van der Waals surface area contributed by atoms with Crippen LogP contribution in [-0.2, 0) is 4.79 Å². The van der Waals surface area contributed by atoms with Gasteiger partial charge in [-0.1, -0.05) is 13.8 Å². The summed E-state index contributed by atoms with van der Waals surface area (Å²) in [5.74, 6) is 1.54. The zero-order valence-corrected chi connectivity index (χ0v) is 10.2. The van der Waals surface area contributed by atoms with Gasteiger partial charge in [0.05, 0.1) is 0 Å². The van der Waals surface area contributed by atoms with E-state index in [1.165, 1.54) is 6.42 Å². The fourth-order valence-electron chi connectivity index (χ4n) is 2.44. The summed E-state index contributed by atoms with van der Waals surface area (Å²) in [5, 5.41) is 0. The lowest BCUT2D eigenvalue weighted by Gasteiger charge is -2.41. The molecule has 0 aromatic carbocycles. The Hall–Kier alpha value is -0.570. The summed E-state index contributed by atoms with van der Waals surface area (Å²) in [5.41, 5.74) is 5.42. The second-order valence-corrected chi connectivity index (χ2v) is 5.00. The van der Waals surface area contributed by atoms with Crippen LogP contribution < -0.4 is 5.73 Å². The van der Waals surface area contributed by atoms with E-state index in [0.29, 0.717) is 30.8 Å². The maximum absolute atomic E-state index is 11.9. The van der Waals surface area contributed by atoms with Crippen LogP contribution in [0.2, 0.25) is 0 Å². The monoisotopic (exact) mass is 212 g/mol. The fourth-order valence-corrected chi connectivity index (χ4v) is 2.44. The van der Waals surface area contributed by atoms with Gasteiger partial charge in [0.1, 0.15) is 0 Å². The molecule has 2 N–H and O–H groups in total. The van der Waals surface area contributed by atoms with Gasteiger partial charge in [-0.05, 0) is 38.1 Å². The maximum atomic E-state index is 11.9. The molecule has 88 valence electrons. The summed E-state index contributed by atoms with van der Waals surface area (Å²) < 4.78 is 0. The van der Waals surface area contributed by atoms with Crippen molar-refractivity contribution in [3.05, 3.63) is 0 Å². The van der Waals surface area contributed by atoms with Crippen LogP contribution in [0.25, 0.3) is 0 Å². The Labute approximate surface area is 93.0 Å². The molecule has 1 amide bonds. The Bertz CT molecular complexity index is 218. The van der Waals surface area contributed by atoms with E-state index in [-0.39, 0.29) is 5.91 Å². The molecule has 1 rings (SSSR count). The van der Waals surface area contributed by atoms with Crippen molar-refractivity contribution in [1.82, 2.24) is 4.90 Å². The molecule has 0 aromatic rings. The molecule has 1 saturated heterocycles. The molecule has 0 radical (unpaired) electrons. The van der Waals surface area contributed by atoms with Crippen LogP contribution in [0.4, 0.5) is 0 Å². The third-order valence-electron chi connectivity index (χ3n) is 3.51. The lowest BCUT2D eigenvalue weighted by Crippen LogP contribution is -2.48. The smallest absolute Gasteiger partial charge is 0.222 e. The van der Waals surface area contributed by atoms with E-state index in [1.807, 2.05) is 0 Å². The molecular weight excluding hydrogens is 188 g/mol. The van der Waals surface area contributed by atoms with Gasteiger partial charge in [0.2, 0.25) is 5.91 Å². The minimum atomic E-state index is 0.284. The molecule has 3 nitrogen and oxygen atoms in total. The van der Waals surface area contributed by atoms with Crippen molar-refractivity contribution < 1.29 is 4.79 Å². The molecule has 3 unspecified atom stereocenters. The maximum Gasteiger partial charge on any atom is 0.222 e. The number of hydrogen-bond acceptors (Lipinski definition) is 2. The van der Waals surface area contributed by atoms with E-state index in [4.69, 9.17) is 5.73 Å². The highest BCUT2D eigenvalue weighted by Crippen LogP contribution is 2.27. The van der Waals surface area contributed by atoms with E-state index in [2.05, 4.69) is 25.7 Å². The summed E-state index contributed by atoms with van der Waals surface area (Å²) in [6.45, 7) is 8.17. The molecule has 1 aliphatic rings. The highest BCUT2D eigenvalue weighted by atomic mass is 16.2. The van der Waals surface area contributed by atoms with Gasteiger partial charge in [0.15, 0.2) is 0 Å². The van der Waals surface area contributed by atoms with Gasteiger partial charge in [-0.25, -0.2) is 0 Å². The molecule has 1 heterocycles. The molecule has 15 heavy (non-hydrogen) atoms. The predicted molar refractivity (Wildman–Crippen MR) is 62.4 cm³/mol. The molecule has 0 saturated carbocycles. The van der Waals surface area contributed by atoms with Gasteiger partial charge in [-0.2, -0.15) is 0 Å². The number of piperidine rings is 1. The number of amides is 1. The SMILES string of the molecule is CC1CC(C)C(C)N(C(=O)CCCN)C1. The molecule has 3 heteroatoms. The quantitative estimate of drug-likeness (QED) is 0.772. The van der Waals surface area contributed by atoms with Crippen LogP contribution in [-0.4, -0.2) is 29.9 Å². The predicted octanol–water partition coefficient (Wildman–Crippen LogP) is 1.62. The molecule has 0 spiro atoms. The fraction of sp³-hybridized carbons (Fsp3) is 0.917. The first-order valence-corrected chi connectivity index (χ1v) is 6.05. The Kier molecular flexibility index (Phi) is 4.58. The average Bonchev–Trinajstić information content (AvgIpc) is 2.19. The van der Waals surface area contributed by atoms with Crippen LogP contribution in [0.5, 0.6) is 0 Å². The van der Waals surface area contributed by atoms with E-state index in [0.717, 1.165) is 13.0 Å². The third-order valence-corrected chi connectivity index (χ3v) is 3.51. The summed E-state index contributed by atoms with van der Waals surface area (Å²) in [6, 6.07) is 0.395. The zero-order valence-electron chi connectivity index (χ0n) is 10.2. The van der Waals surface area contributed by atoms with Crippen molar-refractivity contribution in [1.29, 1.82) is 0 Å². The van der Waals surface area contributed by atoms with Crippen LogP contribution in [0.1, 0.15) is 40.0 Å². The molecule has 0 aliphatic carbocycles. The topological polar surface area (TPSA) is 46.3 Å². The number of nitrogens with zero attached hydrogens (tertiary/aromatic N) is 1. The molecule has 0 aromatic heterocycles. The number of rotatable bonds is 3. The zero-order chi connectivity index (χ0) is 11.4. The molecule has 1 aliphatic heterocycles. The van der Waals surface area contributed by atoms with Crippen LogP contribution in [0.3, 0.4) is 0 Å². The van der Waals surface area contributed by atoms with Gasteiger partial charge in [0.25, 0.3) is 0 Å². The van der Waals surface area contributed by atoms with Crippen molar-refractivity contribution in [3.8, 4) is 0 Å². The molecule has 1 fully saturated rings. The second-order valence-electron chi connectivity index (χ2n) is 5.00. The highest BCUT2D eigenvalue weighted by Gasteiger charge is 2.31. The van der Waals surface area contributed by atoms with Crippen molar-refractivity contribution in [2.45, 2.75) is 46.1 Å². The van der Waals surface area contributed by atoms with Gasteiger partial charge >= 0.3 is 0 Å². The molecular formula is C12H24N2O. The molecule has 3 atom stereocenters. The van der Waals surface area contributed by atoms with Crippen LogP contribution in [0, 0.1) is 11.8 Å². The average molecular weight is 212 g/mol. The minimum absolute atomic E-state index is 0.284. The Balaban J connectivity index is 2.54. The second kappa shape index (κ2) is 5.50. The lowest BCUT2D eigenvalue weighted by molar-refractivity contribution is -0.137. The summed E-state index contributed by atoms with van der Waals surface area (Å²) in [4.78, 5) is 14.0. The largest absolute Gasteiger partial charge is 0.339 e. The first-order valence-electron chi connectivity index (χ1n) is 6.05. The van der Waals surface area contributed by atoms with Crippen molar-refractivity contribution in [2.24, 2.45) is 17.6 Å². The van der Waals surface area contributed by atoms with Crippen LogP contribution in [0.15, 0.2) is 0 Å². The minimum Gasteiger partial charge on any atom is -0.339 e. The number of nitrogens with two attached hydrogens (primary N) is 1. The third kappa shape index (κ3) is 3.20. The van der Waals surface area contributed by atoms with Crippen molar-refractivity contribution in [3.63, 3.8) is 0 Å². The first-order chi connectivity index (χ1) is 7.06. The van der Waals surface area contributed by atoms with Gasteiger partial charge in [-0.15, -0.1) is 0 Å². The Morgan fingerprint density at radius 1 is 1.40 bits per heavy atom. The van der Waals surface area contributed by atoms with Crippen LogP contribution >= 0.6 is 0 Å². The number of carbonyl (C=O) groups is 1. The summed E-state index contributed by atoms with van der Waals surface area (Å²) in [6.07, 6.45) is 2.66. The number of hydrogen-bond donors (Lipinski definition) is 1. The lowest BCUT2D eigenvalue weighted by atomic mass is 9.86. The van der Waals surface area contributed by atoms with E-state index < -0.39 is 0 Å². The Morgan fingerprint density at radius 2 is 2.07 bits per heavy atom. The Morgan fingerprint density at radius 3 is 2.67 bits per heavy atom. The first kappa shape index (κ1) is 12.5. The van der Waals surface area contributed by atoms with Gasteiger partial charge in [-0.3, -0.25) is 4.79 Å². The van der Waals surface area contributed by atoms with E-state index in [1.54, 1.807) is 0 Å². The van der Waals surface area contributed by atoms with Gasteiger partial charge in [0, 0.05) is 19.0 Å². The standard InChI is InChI=1S/C12H24N2O/c1-9-7-10(2)11(3)14(8-9)12(15)5-4-6-13/h9-11H,4-8,13H2,1-3H3.